The summed E-state index contributed by atoms with van der Waals surface area (Å²) in [6.45, 7) is 0.258. The van der Waals surface area contributed by atoms with E-state index in [1.54, 1.807) is 29.2 Å². The zero-order valence-electron chi connectivity index (χ0n) is 22.1. The lowest BCUT2D eigenvalue weighted by Gasteiger charge is -2.28. The van der Waals surface area contributed by atoms with Crippen LogP contribution in [0.5, 0.6) is 0 Å². The molecule has 5 rings (SSSR count). The van der Waals surface area contributed by atoms with E-state index < -0.39 is 17.8 Å². The number of nitrogens with one attached hydrogen (secondary N) is 2. The van der Waals surface area contributed by atoms with E-state index in [-0.39, 0.29) is 25.0 Å². The van der Waals surface area contributed by atoms with Crippen LogP contribution >= 0.6 is 0 Å². The van der Waals surface area contributed by atoms with Crippen molar-refractivity contribution in [1.29, 1.82) is 5.26 Å². The normalized spacial score (nSPS) is 13.0. The van der Waals surface area contributed by atoms with Gasteiger partial charge in [-0.2, -0.15) is 18.4 Å². The van der Waals surface area contributed by atoms with Gasteiger partial charge in [0.25, 0.3) is 0 Å². The summed E-state index contributed by atoms with van der Waals surface area (Å²) >= 11 is 0. The molecule has 0 radical (unpaired) electrons. The molecule has 2 N–H and O–H groups in total. The van der Waals surface area contributed by atoms with Gasteiger partial charge in [-0.3, -0.25) is 4.79 Å². The fourth-order valence-corrected chi connectivity index (χ4v) is 4.73. The first-order valence-electron chi connectivity index (χ1n) is 13.3. The number of nitrogens with zero attached hydrogens (tertiary/aromatic N) is 3. The molecule has 3 amide bonds. The number of benzene rings is 3. The fraction of sp³-hybridized carbons (Fsp3) is 0.258. The van der Waals surface area contributed by atoms with E-state index in [0.717, 1.165) is 41.4 Å². The molecule has 1 saturated carbocycles. The van der Waals surface area contributed by atoms with Crippen LogP contribution in [0.15, 0.2) is 79.0 Å². The van der Waals surface area contributed by atoms with Gasteiger partial charge in [-0.1, -0.05) is 30.3 Å². The molecule has 1 aromatic heterocycles. The maximum absolute atomic E-state index is 13.7. The number of halogens is 3. The maximum atomic E-state index is 13.7. The van der Waals surface area contributed by atoms with Crippen molar-refractivity contribution in [3.63, 3.8) is 0 Å². The molecule has 10 heteroatoms. The second kappa shape index (κ2) is 11.8. The van der Waals surface area contributed by atoms with Crippen molar-refractivity contribution in [1.82, 2.24) is 14.8 Å². The van der Waals surface area contributed by atoms with Crippen LogP contribution in [-0.4, -0.2) is 45.9 Å². The van der Waals surface area contributed by atoms with Crippen LogP contribution in [0.3, 0.4) is 0 Å². The molecular weight excluding hydrogens is 531 g/mol. The van der Waals surface area contributed by atoms with Gasteiger partial charge in [0.15, 0.2) is 0 Å². The highest BCUT2D eigenvalue weighted by Crippen LogP contribution is 2.30. The maximum Gasteiger partial charge on any atom is 0.416 e. The summed E-state index contributed by atoms with van der Waals surface area (Å²) in [5.74, 6) is -0.299. The van der Waals surface area contributed by atoms with Crippen molar-refractivity contribution >= 4 is 28.5 Å². The molecule has 0 unspecified atom stereocenters. The molecule has 4 aromatic rings. The number of carbonyl (C=O) groups is 2. The van der Waals surface area contributed by atoms with Crippen molar-refractivity contribution in [2.24, 2.45) is 0 Å². The molecule has 0 bridgehead atoms. The molecule has 1 heterocycles. The monoisotopic (exact) mass is 559 g/mol. The van der Waals surface area contributed by atoms with Crippen LogP contribution in [0.25, 0.3) is 10.9 Å². The zero-order chi connectivity index (χ0) is 29.0. The van der Waals surface area contributed by atoms with E-state index >= 15 is 0 Å². The minimum Gasteiger partial charge on any atom is -0.361 e. The molecule has 1 aliphatic rings. The van der Waals surface area contributed by atoms with Crippen molar-refractivity contribution in [3.05, 3.63) is 101 Å². The Morgan fingerprint density at radius 2 is 1.71 bits per heavy atom. The lowest BCUT2D eigenvalue weighted by atomic mass is 10.1. The quantitative estimate of drug-likeness (QED) is 0.251. The molecule has 1 aliphatic carbocycles. The number of para-hydroxylation sites is 1. The smallest absolute Gasteiger partial charge is 0.361 e. The standard InChI is InChI=1S/C31H28F3N5O2/c32-31(33,34)24-9-5-22(6-10-24)19-38(16-15-23-18-36-28-4-2-1-3-27(23)28)29(40)20-39(26-13-14-26)30(41)37-25-11-7-21(17-35)8-12-25/h1-12,18,26,36H,13-16,19-20H2,(H,37,41). The number of hydrogen-bond acceptors (Lipinski definition) is 3. The van der Waals surface area contributed by atoms with Gasteiger partial charge >= 0.3 is 12.2 Å². The third-order valence-electron chi connectivity index (χ3n) is 7.15. The molecule has 210 valence electrons. The highest BCUT2D eigenvalue weighted by molar-refractivity contribution is 5.93. The number of alkyl halides is 3. The zero-order valence-corrected chi connectivity index (χ0v) is 22.1. The average molecular weight is 560 g/mol. The largest absolute Gasteiger partial charge is 0.416 e. The summed E-state index contributed by atoms with van der Waals surface area (Å²) in [7, 11) is 0. The first-order chi connectivity index (χ1) is 19.7. The average Bonchev–Trinajstić information content (AvgIpc) is 3.73. The Balaban J connectivity index is 1.32. The van der Waals surface area contributed by atoms with Crippen molar-refractivity contribution in [2.75, 3.05) is 18.4 Å². The number of carbonyl (C=O) groups excluding carboxylic acids is 2. The Morgan fingerprint density at radius 1 is 1.00 bits per heavy atom. The number of nitriles is 1. The van der Waals surface area contributed by atoms with Gasteiger partial charge in [0.05, 0.1) is 17.2 Å². The number of amides is 3. The van der Waals surface area contributed by atoms with Crippen molar-refractivity contribution in [2.45, 2.75) is 38.0 Å². The first kappa shape index (κ1) is 27.8. The summed E-state index contributed by atoms with van der Waals surface area (Å²) in [5, 5.41) is 12.8. The number of aromatic amines is 1. The molecule has 3 aromatic carbocycles. The summed E-state index contributed by atoms with van der Waals surface area (Å²) < 4.78 is 39.3. The summed E-state index contributed by atoms with van der Waals surface area (Å²) in [6.07, 6.45) is -0.467. The van der Waals surface area contributed by atoms with Crippen LogP contribution in [-0.2, 0) is 23.9 Å². The predicted octanol–water partition coefficient (Wildman–Crippen LogP) is 6.33. The van der Waals surface area contributed by atoms with Gasteiger partial charge in [0, 0.05) is 41.9 Å². The number of rotatable bonds is 9. The first-order valence-corrected chi connectivity index (χ1v) is 13.3. The summed E-state index contributed by atoms with van der Waals surface area (Å²) in [5.41, 5.74) is 2.77. The predicted molar refractivity (Wildman–Crippen MR) is 149 cm³/mol. The third kappa shape index (κ3) is 6.87. The van der Waals surface area contributed by atoms with Crippen LogP contribution in [0, 0.1) is 11.3 Å². The van der Waals surface area contributed by atoms with Crippen molar-refractivity contribution < 1.29 is 22.8 Å². The summed E-state index contributed by atoms with van der Waals surface area (Å²) in [4.78, 5) is 33.1. The Bertz CT molecular complexity index is 1570. The van der Waals surface area contributed by atoms with Gasteiger partial charge in [-0.05, 0) is 72.9 Å². The molecule has 0 aliphatic heterocycles. The van der Waals surface area contributed by atoms with E-state index in [0.29, 0.717) is 29.8 Å². The second-order valence-electron chi connectivity index (χ2n) is 10.1. The van der Waals surface area contributed by atoms with Gasteiger partial charge in [-0.25, -0.2) is 4.79 Å². The molecular formula is C31H28F3N5O2. The van der Waals surface area contributed by atoms with E-state index in [9.17, 15) is 22.8 Å². The molecule has 0 spiro atoms. The molecule has 7 nitrogen and oxygen atoms in total. The Kier molecular flexibility index (Phi) is 7.97. The van der Waals surface area contributed by atoms with Gasteiger partial charge in [0.1, 0.15) is 6.54 Å². The van der Waals surface area contributed by atoms with Crippen LogP contribution < -0.4 is 5.32 Å². The lowest BCUT2D eigenvalue weighted by Crippen LogP contribution is -2.45. The topological polar surface area (TPSA) is 92.2 Å². The number of anilines is 1. The van der Waals surface area contributed by atoms with Crippen LogP contribution in [0.1, 0.15) is 35.1 Å². The third-order valence-corrected chi connectivity index (χ3v) is 7.15. The van der Waals surface area contributed by atoms with E-state index in [1.165, 1.54) is 17.0 Å². The van der Waals surface area contributed by atoms with E-state index in [1.807, 2.05) is 36.5 Å². The van der Waals surface area contributed by atoms with Crippen molar-refractivity contribution in [3.8, 4) is 6.07 Å². The Hall–Kier alpha value is -4.78. The molecule has 1 fully saturated rings. The van der Waals surface area contributed by atoms with Gasteiger partial charge in [-0.15, -0.1) is 0 Å². The van der Waals surface area contributed by atoms with E-state index in [2.05, 4.69) is 10.3 Å². The highest BCUT2D eigenvalue weighted by atomic mass is 19.4. The van der Waals surface area contributed by atoms with Crippen LogP contribution in [0.4, 0.5) is 23.7 Å². The second-order valence-corrected chi connectivity index (χ2v) is 10.1. The summed E-state index contributed by atoms with van der Waals surface area (Å²) in [6, 6.07) is 20.6. The number of urea groups is 1. The minimum atomic E-state index is -4.45. The number of H-pyrrole nitrogens is 1. The SMILES string of the molecule is N#Cc1ccc(NC(=O)N(CC(=O)N(CCc2c[nH]c3ccccc23)Cc2ccc(C(F)(F)F)cc2)C2CC2)cc1. The number of fused-ring (bicyclic) bond motifs is 1. The number of hydrogen-bond donors (Lipinski definition) is 2. The molecule has 0 atom stereocenters. The van der Waals surface area contributed by atoms with Gasteiger partial charge < -0.3 is 20.1 Å². The lowest BCUT2D eigenvalue weighted by molar-refractivity contribution is -0.137. The highest BCUT2D eigenvalue weighted by Gasteiger charge is 2.35. The fourth-order valence-electron chi connectivity index (χ4n) is 4.73. The minimum absolute atomic E-state index is 0.0705. The van der Waals surface area contributed by atoms with Gasteiger partial charge in [0.2, 0.25) is 5.91 Å². The van der Waals surface area contributed by atoms with E-state index in [4.69, 9.17) is 5.26 Å². The Morgan fingerprint density at radius 3 is 2.37 bits per heavy atom. The Labute approximate surface area is 235 Å². The van der Waals surface area contributed by atoms with Crippen LogP contribution in [0.2, 0.25) is 0 Å². The molecule has 0 saturated heterocycles. The number of aromatic nitrogens is 1. The molecule has 41 heavy (non-hydrogen) atoms.